The van der Waals surface area contributed by atoms with Gasteiger partial charge >= 0.3 is 0 Å². The number of hydrogen-bond acceptors (Lipinski definition) is 2. The summed E-state index contributed by atoms with van der Waals surface area (Å²) in [7, 11) is 0. The van der Waals surface area contributed by atoms with Crippen LogP contribution in [0, 0.1) is 5.92 Å². The van der Waals surface area contributed by atoms with Crippen LogP contribution in [-0.2, 0) is 9.78 Å². The van der Waals surface area contributed by atoms with Crippen LogP contribution < -0.4 is 0 Å². The minimum atomic E-state index is 0.531. The van der Waals surface area contributed by atoms with E-state index in [1.807, 2.05) is 6.92 Å². The van der Waals surface area contributed by atoms with Gasteiger partial charge in [-0.25, -0.2) is 0 Å². The molecule has 1 unspecified atom stereocenters. The van der Waals surface area contributed by atoms with Crippen molar-refractivity contribution in [2.45, 2.75) is 33.6 Å². The first-order chi connectivity index (χ1) is 5.25. The standard InChI is InChI=1S/C9H16O2/c1-4-5-9-7(2)6-10-11-8(9)3/h7H,4-6H2,1-3H3. The second-order valence-electron chi connectivity index (χ2n) is 3.10. The Morgan fingerprint density at radius 1 is 1.55 bits per heavy atom. The average Bonchev–Trinajstić information content (AvgIpc) is 1.97. The zero-order valence-electron chi connectivity index (χ0n) is 7.52. The molecule has 0 saturated carbocycles. The molecule has 0 fully saturated rings. The first kappa shape index (κ1) is 8.60. The fraction of sp³-hybridized carbons (Fsp3) is 0.778. The molecule has 0 amide bonds. The van der Waals surface area contributed by atoms with Gasteiger partial charge in [-0.2, -0.15) is 4.89 Å². The van der Waals surface area contributed by atoms with E-state index in [0.29, 0.717) is 12.5 Å². The van der Waals surface area contributed by atoms with Crippen LogP contribution in [0.25, 0.3) is 0 Å². The van der Waals surface area contributed by atoms with Crippen molar-refractivity contribution in [1.82, 2.24) is 0 Å². The Balaban J connectivity index is 2.66. The smallest absolute Gasteiger partial charge is 0.138 e. The molecule has 64 valence electrons. The summed E-state index contributed by atoms with van der Waals surface area (Å²) in [5, 5.41) is 0. The Morgan fingerprint density at radius 2 is 2.27 bits per heavy atom. The molecular weight excluding hydrogens is 140 g/mol. The van der Waals surface area contributed by atoms with Gasteiger partial charge in [-0.3, -0.25) is 0 Å². The molecule has 1 rings (SSSR count). The van der Waals surface area contributed by atoms with Crippen molar-refractivity contribution in [2.75, 3.05) is 6.61 Å². The molecule has 2 heteroatoms. The quantitative estimate of drug-likeness (QED) is 0.572. The van der Waals surface area contributed by atoms with Gasteiger partial charge in [-0.1, -0.05) is 20.3 Å². The maximum atomic E-state index is 4.99. The summed E-state index contributed by atoms with van der Waals surface area (Å²) in [4.78, 5) is 9.91. The van der Waals surface area contributed by atoms with Crippen LogP contribution in [0.2, 0.25) is 0 Å². The molecule has 0 aromatic carbocycles. The maximum Gasteiger partial charge on any atom is 0.138 e. The SMILES string of the molecule is CCCC1=C(C)OOCC1C. The molecule has 1 aliphatic heterocycles. The van der Waals surface area contributed by atoms with E-state index in [1.165, 1.54) is 12.0 Å². The fourth-order valence-corrected chi connectivity index (χ4v) is 1.42. The van der Waals surface area contributed by atoms with Gasteiger partial charge in [0.15, 0.2) is 0 Å². The molecule has 0 aliphatic carbocycles. The zero-order chi connectivity index (χ0) is 8.27. The highest BCUT2D eigenvalue weighted by molar-refractivity contribution is 5.10. The molecule has 0 aromatic rings. The third kappa shape index (κ3) is 1.96. The second-order valence-corrected chi connectivity index (χ2v) is 3.10. The first-order valence-electron chi connectivity index (χ1n) is 4.24. The minimum absolute atomic E-state index is 0.531. The zero-order valence-corrected chi connectivity index (χ0v) is 7.52. The average molecular weight is 156 g/mol. The molecule has 0 spiro atoms. The Kier molecular flexibility index (Phi) is 2.94. The molecule has 11 heavy (non-hydrogen) atoms. The first-order valence-corrected chi connectivity index (χ1v) is 4.24. The van der Waals surface area contributed by atoms with Gasteiger partial charge in [0.1, 0.15) is 12.4 Å². The predicted molar refractivity (Wildman–Crippen MR) is 43.8 cm³/mol. The van der Waals surface area contributed by atoms with Crippen molar-refractivity contribution >= 4 is 0 Å². The van der Waals surface area contributed by atoms with E-state index in [0.717, 1.165) is 12.2 Å². The van der Waals surface area contributed by atoms with Gasteiger partial charge in [0, 0.05) is 5.92 Å². The van der Waals surface area contributed by atoms with Crippen molar-refractivity contribution in [3.63, 3.8) is 0 Å². The van der Waals surface area contributed by atoms with Crippen LogP contribution in [0.4, 0.5) is 0 Å². The topological polar surface area (TPSA) is 18.5 Å². The summed E-state index contributed by atoms with van der Waals surface area (Å²) in [6.07, 6.45) is 2.32. The minimum Gasteiger partial charge on any atom is -0.342 e. The molecule has 0 radical (unpaired) electrons. The van der Waals surface area contributed by atoms with Crippen molar-refractivity contribution in [2.24, 2.45) is 5.92 Å². The molecule has 1 heterocycles. The van der Waals surface area contributed by atoms with E-state index >= 15 is 0 Å². The number of rotatable bonds is 2. The van der Waals surface area contributed by atoms with Crippen molar-refractivity contribution in [3.05, 3.63) is 11.3 Å². The molecule has 1 atom stereocenters. The van der Waals surface area contributed by atoms with Crippen LogP contribution in [-0.4, -0.2) is 6.61 Å². The van der Waals surface area contributed by atoms with E-state index in [2.05, 4.69) is 13.8 Å². The Labute approximate surface area is 68.1 Å². The molecule has 0 bridgehead atoms. The second kappa shape index (κ2) is 3.77. The molecule has 0 aromatic heterocycles. The molecule has 2 nitrogen and oxygen atoms in total. The lowest BCUT2D eigenvalue weighted by Crippen LogP contribution is -2.16. The Hall–Kier alpha value is -0.500. The van der Waals surface area contributed by atoms with E-state index in [1.54, 1.807) is 0 Å². The van der Waals surface area contributed by atoms with E-state index in [4.69, 9.17) is 9.78 Å². The summed E-state index contributed by atoms with van der Waals surface area (Å²) in [6, 6.07) is 0. The highest BCUT2D eigenvalue weighted by Gasteiger charge is 2.18. The van der Waals surface area contributed by atoms with Gasteiger partial charge in [0.05, 0.1) is 0 Å². The molecule has 0 saturated heterocycles. The van der Waals surface area contributed by atoms with Gasteiger partial charge in [-0.05, 0) is 18.9 Å². The van der Waals surface area contributed by atoms with Gasteiger partial charge < -0.3 is 4.89 Å². The van der Waals surface area contributed by atoms with Crippen LogP contribution >= 0.6 is 0 Å². The van der Waals surface area contributed by atoms with Gasteiger partial charge in [0.25, 0.3) is 0 Å². The molecule has 0 N–H and O–H groups in total. The summed E-state index contributed by atoms with van der Waals surface area (Å²) in [5.41, 5.74) is 1.42. The Bertz CT molecular complexity index is 161. The summed E-state index contributed by atoms with van der Waals surface area (Å²) in [6.45, 7) is 7.03. The summed E-state index contributed by atoms with van der Waals surface area (Å²) in [5.74, 6) is 1.49. The van der Waals surface area contributed by atoms with Crippen LogP contribution in [0.15, 0.2) is 11.3 Å². The highest BCUT2D eigenvalue weighted by atomic mass is 17.2. The Morgan fingerprint density at radius 3 is 2.82 bits per heavy atom. The van der Waals surface area contributed by atoms with Crippen molar-refractivity contribution in [3.8, 4) is 0 Å². The van der Waals surface area contributed by atoms with Crippen molar-refractivity contribution in [1.29, 1.82) is 0 Å². The largest absolute Gasteiger partial charge is 0.342 e. The lowest BCUT2D eigenvalue weighted by atomic mass is 9.96. The normalized spacial score (nSPS) is 25.2. The van der Waals surface area contributed by atoms with Crippen molar-refractivity contribution < 1.29 is 9.78 Å². The highest BCUT2D eigenvalue weighted by Crippen LogP contribution is 2.25. The van der Waals surface area contributed by atoms with E-state index in [-0.39, 0.29) is 0 Å². The van der Waals surface area contributed by atoms with Crippen LogP contribution in [0.5, 0.6) is 0 Å². The third-order valence-electron chi connectivity index (χ3n) is 2.07. The molecule has 1 aliphatic rings. The van der Waals surface area contributed by atoms with Gasteiger partial charge in [0.2, 0.25) is 0 Å². The number of hydrogen-bond donors (Lipinski definition) is 0. The van der Waals surface area contributed by atoms with Crippen LogP contribution in [0.3, 0.4) is 0 Å². The lowest BCUT2D eigenvalue weighted by Gasteiger charge is -2.22. The summed E-state index contributed by atoms with van der Waals surface area (Å²) >= 11 is 0. The lowest BCUT2D eigenvalue weighted by molar-refractivity contribution is -0.278. The maximum absolute atomic E-state index is 4.99. The number of allylic oxidation sites excluding steroid dienone is 1. The fourth-order valence-electron chi connectivity index (χ4n) is 1.42. The monoisotopic (exact) mass is 156 g/mol. The van der Waals surface area contributed by atoms with Crippen LogP contribution in [0.1, 0.15) is 33.6 Å². The predicted octanol–water partition coefficient (Wildman–Crippen LogP) is 2.66. The van der Waals surface area contributed by atoms with E-state index < -0.39 is 0 Å². The molecular formula is C9H16O2. The van der Waals surface area contributed by atoms with Gasteiger partial charge in [-0.15, -0.1) is 0 Å². The third-order valence-corrected chi connectivity index (χ3v) is 2.07. The van der Waals surface area contributed by atoms with E-state index in [9.17, 15) is 0 Å². The summed E-state index contributed by atoms with van der Waals surface area (Å²) < 4.78 is 0.